The third kappa shape index (κ3) is 3.71. The lowest BCUT2D eigenvalue weighted by Crippen LogP contribution is -2.40. The Morgan fingerprint density at radius 1 is 1.00 bits per heavy atom. The minimum atomic E-state index is -1.49. The first-order valence-corrected chi connectivity index (χ1v) is 6.80. The van der Waals surface area contributed by atoms with Crippen molar-refractivity contribution in [1.29, 1.82) is 0 Å². The third-order valence-electron chi connectivity index (χ3n) is 3.24. The normalized spacial score (nSPS) is 13.0. The van der Waals surface area contributed by atoms with Gasteiger partial charge in [-0.15, -0.1) is 0 Å². The Bertz CT molecular complexity index is 628. The molecule has 1 unspecified atom stereocenters. The fourth-order valence-electron chi connectivity index (χ4n) is 2.08. The molecule has 2 N–H and O–H groups in total. The Labute approximate surface area is 128 Å². The average molecular weight is 299 g/mol. The predicted octanol–water partition coefficient (Wildman–Crippen LogP) is 1.69. The maximum atomic E-state index is 12.3. The van der Waals surface area contributed by atoms with Gasteiger partial charge in [-0.2, -0.15) is 0 Å². The maximum Gasteiger partial charge on any atom is 0.337 e. The van der Waals surface area contributed by atoms with E-state index in [1.54, 1.807) is 54.6 Å². The Morgan fingerprint density at radius 3 is 2.09 bits per heavy atom. The number of hydrogen-bond donors (Lipinski definition) is 2. The number of carbonyl (C=O) groups is 2. The van der Waals surface area contributed by atoms with Crippen molar-refractivity contribution in [1.82, 2.24) is 5.32 Å². The number of aliphatic hydroxyl groups excluding tert-OH is 1. The number of esters is 1. The van der Waals surface area contributed by atoms with E-state index in [1.807, 2.05) is 6.07 Å². The van der Waals surface area contributed by atoms with Gasteiger partial charge in [0.25, 0.3) is 5.91 Å². The second-order valence-electron chi connectivity index (χ2n) is 4.70. The summed E-state index contributed by atoms with van der Waals surface area (Å²) in [5.41, 5.74) is 1.06. The molecule has 0 aliphatic rings. The number of carbonyl (C=O) groups excluding carboxylic acids is 2. The zero-order valence-electron chi connectivity index (χ0n) is 12.1. The molecule has 0 fully saturated rings. The average Bonchev–Trinajstić information content (AvgIpc) is 2.59. The van der Waals surface area contributed by atoms with Gasteiger partial charge in [-0.25, -0.2) is 4.79 Å². The van der Waals surface area contributed by atoms with Crippen molar-refractivity contribution in [2.24, 2.45) is 0 Å². The van der Waals surface area contributed by atoms with Gasteiger partial charge in [0.2, 0.25) is 0 Å². The molecular formula is C17H17NO4. The first-order valence-electron chi connectivity index (χ1n) is 6.80. The van der Waals surface area contributed by atoms with Crippen LogP contribution >= 0.6 is 0 Å². The van der Waals surface area contributed by atoms with E-state index in [2.05, 4.69) is 10.1 Å². The van der Waals surface area contributed by atoms with E-state index in [1.165, 1.54) is 7.11 Å². The molecule has 5 nitrogen and oxygen atoms in total. The molecular weight excluding hydrogens is 282 g/mol. The van der Waals surface area contributed by atoms with Crippen LogP contribution in [0.4, 0.5) is 0 Å². The molecule has 2 aromatic rings. The number of aliphatic hydroxyl groups is 1. The number of rotatable bonds is 5. The molecule has 0 bridgehead atoms. The lowest BCUT2D eigenvalue weighted by atomic mass is 10.0. The van der Waals surface area contributed by atoms with Gasteiger partial charge in [-0.3, -0.25) is 4.79 Å². The first-order chi connectivity index (χ1) is 10.6. The van der Waals surface area contributed by atoms with Crippen LogP contribution in [0.2, 0.25) is 0 Å². The van der Waals surface area contributed by atoms with E-state index >= 15 is 0 Å². The van der Waals surface area contributed by atoms with Gasteiger partial charge in [0.15, 0.2) is 6.10 Å². The van der Waals surface area contributed by atoms with Crippen molar-refractivity contribution in [3.63, 3.8) is 0 Å². The Morgan fingerprint density at radius 2 is 1.55 bits per heavy atom. The van der Waals surface area contributed by atoms with Crippen LogP contribution in [0, 0.1) is 0 Å². The summed E-state index contributed by atoms with van der Waals surface area (Å²) in [5, 5.41) is 12.8. The zero-order valence-corrected chi connectivity index (χ0v) is 12.1. The van der Waals surface area contributed by atoms with E-state index in [4.69, 9.17) is 0 Å². The van der Waals surface area contributed by atoms with Crippen molar-refractivity contribution in [2.75, 3.05) is 7.11 Å². The lowest BCUT2D eigenvalue weighted by Gasteiger charge is -2.23. The van der Waals surface area contributed by atoms with Gasteiger partial charge in [-0.1, -0.05) is 48.5 Å². The summed E-state index contributed by atoms with van der Waals surface area (Å²) < 4.78 is 4.56. The number of hydrogen-bond acceptors (Lipinski definition) is 4. The number of methoxy groups -OCH3 is 1. The first kappa shape index (κ1) is 15.7. The van der Waals surface area contributed by atoms with Crippen LogP contribution in [0.1, 0.15) is 22.0 Å². The van der Waals surface area contributed by atoms with E-state index in [9.17, 15) is 14.7 Å². The molecule has 2 atom stereocenters. The number of amides is 1. The minimum Gasteiger partial charge on any atom is -0.467 e. The summed E-state index contributed by atoms with van der Waals surface area (Å²) in [5.74, 6) is -1.18. The van der Waals surface area contributed by atoms with Gasteiger partial charge >= 0.3 is 5.97 Å². The van der Waals surface area contributed by atoms with Crippen LogP contribution < -0.4 is 5.32 Å². The highest BCUT2D eigenvalue weighted by atomic mass is 16.5. The molecule has 1 amide bonds. The van der Waals surface area contributed by atoms with Crippen LogP contribution in [0.15, 0.2) is 60.7 Å². The quantitative estimate of drug-likeness (QED) is 0.824. The van der Waals surface area contributed by atoms with E-state index in [0.717, 1.165) is 0 Å². The second-order valence-corrected chi connectivity index (χ2v) is 4.70. The van der Waals surface area contributed by atoms with Crippen LogP contribution in [0.3, 0.4) is 0 Å². The molecule has 0 aromatic heterocycles. The fraction of sp³-hybridized carbons (Fsp3) is 0.176. The highest BCUT2D eigenvalue weighted by Gasteiger charge is 2.30. The molecule has 114 valence electrons. The van der Waals surface area contributed by atoms with Crippen molar-refractivity contribution < 1.29 is 19.4 Å². The molecule has 0 aliphatic heterocycles. The second kappa shape index (κ2) is 7.38. The molecule has 0 aliphatic carbocycles. The molecule has 2 aromatic carbocycles. The van der Waals surface area contributed by atoms with Crippen molar-refractivity contribution in [3.8, 4) is 0 Å². The van der Waals surface area contributed by atoms with E-state index < -0.39 is 18.1 Å². The molecule has 0 saturated heterocycles. The monoisotopic (exact) mass is 299 g/mol. The van der Waals surface area contributed by atoms with Gasteiger partial charge in [-0.05, 0) is 17.7 Å². The summed E-state index contributed by atoms with van der Waals surface area (Å²) in [6, 6.07) is 16.5. The fourth-order valence-corrected chi connectivity index (χ4v) is 2.08. The Hall–Kier alpha value is -2.66. The van der Waals surface area contributed by atoms with Crippen LogP contribution in [-0.4, -0.2) is 30.2 Å². The van der Waals surface area contributed by atoms with Crippen LogP contribution in [-0.2, 0) is 9.53 Å². The lowest BCUT2D eigenvalue weighted by molar-refractivity contribution is -0.151. The topological polar surface area (TPSA) is 75.6 Å². The van der Waals surface area contributed by atoms with Crippen molar-refractivity contribution in [3.05, 3.63) is 71.8 Å². The van der Waals surface area contributed by atoms with Gasteiger partial charge in [0.05, 0.1) is 13.2 Å². The third-order valence-corrected chi connectivity index (χ3v) is 3.24. The van der Waals surface area contributed by atoms with E-state index in [0.29, 0.717) is 11.1 Å². The highest BCUT2D eigenvalue weighted by Crippen LogP contribution is 2.18. The summed E-state index contributed by atoms with van der Waals surface area (Å²) in [4.78, 5) is 23.9. The van der Waals surface area contributed by atoms with Crippen LogP contribution in [0.25, 0.3) is 0 Å². The Kier molecular flexibility index (Phi) is 5.27. The smallest absolute Gasteiger partial charge is 0.337 e. The largest absolute Gasteiger partial charge is 0.467 e. The van der Waals surface area contributed by atoms with Gasteiger partial charge < -0.3 is 15.2 Å². The standard InChI is InChI=1S/C17H17NO4/c1-22-17(21)15(19)14(12-8-4-2-5-9-12)18-16(20)13-10-6-3-7-11-13/h2-11,14-15,19H,1H3,(H,18,20)/t14?,15-/m1/s1. The van der Waals surface area contributed by atoms with E-state index in [-0.39, 0.29) is 5.91 Å². The van der Waals surface area contributed by atoms with Crippen molar-refractivity contribution >= 4 is 11.9 Å². The SMILES string of the molecule is COC(=O)[C@H](O)C(NC(=O)c1ccccc1)c1ccccc1. The molecule has 0 saturated carbocycles. The molecule has 5 heteroatoms. The predicted molar refractivity (Wildman–Crippen MR) is 81.1 cm³/mol. The molecule has 0 radical (unpaired) electrons. The van der Waals surface area contributed by atoms with Gasteiger partial charge in [0.1, 0.15) is 0 Å². The molecule has 22 heavy (non-hydrogen) atoms. The number of benzene rings is 2. The Balaban J connectivity index is 2.25. The zero-order chi connectivity index (χ0) is 15.9. The highest BCUT2D eigenvalue weighted by molar-refractivity contribution is 5.94. The minimum absolute atomic E-state index is 0.377. The summed E-state index contributed by atoms with van der Waals surface area (Å²) in [6.45, 7) is 0. The summed E-state index contributed by atoms with van der Waals surface area (Å²) in [6.07, 6.45) is -1.49. The summed E-state index contributed by atoms with van der Waals surface area (Å²) in [7, 11) is 1.19. The number of ether oxygens (including phenoxy) is 1. The maximum absolute atomic E-state index is 12.3. The molecule has 0 heterocycles. The summed E-state index contributed by atoms with van der Waals surface area (Å²) >= 11 is 0. The number of nitrogens with one attached hydrogen (secondary N) is 1. The van der Waals surface area contributed by atoms with Gasteiger partial charge in [0, 0.05) is 5.56 Å². The molecule has 0 spiro atoms. The molecule has 2 rings (SSSR count). The van der Waals surface area contributed by atoms with Crippen molar-refractivity contribution in [2.45, 2.75) is 12.1 Å². The van der Waals surface area contributed by atoms with Crippen LogP contribution in [0.5, 0.6) is 0 Å².